The molecule has 0 spiro atoms. The number of amides is 2. The van der Waals surface area contributed by atoms with E-state index in [1.165, 1.54) is 17.7 Å². The second-order valence-corrected chi connectivity index (χ2v) is 8.31. The van der Waals surface area contributed by atoms with Crippen molar-refractivity contribution in [2.24, 2.45) is 5.41 Å². The third-order valence-corrected chi connectivity index (χ3v) is 5.24. The van der Waals surface area contributed by atoms with Crippen LogP contribution in [0.2, 0.25) is 0 Å². The van der Waals surface area contributed by atoms with Crippen molar-refractivity contribution >= 4 is 23.2 Å². The molecule has 1 atom stereocenters. The van der Waals surface area contributed by atoms with Gasteiger partial charge in [0.2, 0.25) is 11.8 Å². The first-order valence-electron chi connectivity index (χ1n) is 8.70. The summed E-state index contributed by atoms with van der Waals surface area (Å²) >= 11 is 1.74. The molecule has 2 amide bonds. The van der Waals surface area contributed by atoms with Crippen molar-refractivity contribution in [3.63, 3.8) is 0 Å². The zero-order chi connectivity index (χ0) is 17.6. The number of carbonyl (C=O) groups excluding carboxylic acids is 2. The number of likely N-dealkylation sites (tertiary alicyclic amines) is 1. The molecule has 1 fully saturated rings. The average Bonchev–Trinajstić information content (AvgIpc) is 3.20. The van der Waals surface area contributed by atoms with Gasteiger partial charge < -0.3 is 10.6 Å². The first kappa shape index (κ1) is 18.9. The summed E-state index contributed by atoms with van der Waals surface area (Å²) in [4.78, 5) is 27.6. The molecule has 0 aliphatic carbocycles. The van der Waals surface area contributed by atoms with Crippen LogP contribution in [0.1, 0.15) is 51.0 Å². The summed E-state index contributed by atoms with van der Waals surface area (Å²) in [6.07, 6.45) is 2.78. The molecule has 1 aromatic rings. The van der Waals surface area contributed by atoms with Crippen molar-refractivity contribution in [1.82, 2.24) is 15.5 Å². The van der Waals surface area contributed by atoms with Crippen molar-refractivity contribution in [3.05, 3.63) is 22.4 Å². The molecule has 5 nitrogen and oxygen atoms in total. The number of rotatable bonds is 7. The van der Waals surface area contributed by atoms with Gasteiger partial charge in [-0.2, -0.15) is 0 Å². The highest BCUT2D eigenvalue weighted by molar-refractivity contribution is 7.10. The lowest BCUT2D eigenvalue weighted by Crippen LogP contribution is -2.39. The average molecular weight is 352 g/mol. The summed E-state index contributed by atoms with van der Waals surface area (Å²) in [5, 5.41) is 7.94. The molecule has 6 heteroatoms. The first-order valence-corrected chi connectivity index (χ1v) is 9.58. The summed E-state index contributed by atoms with van der Waals surface area (Å²) in [7, 11) is 0. The van der Waals surface area contributed by atoms with Crippen molar-refractivity contribution in [2.75, 3.05) is 26.2 Å². The normalized spacial score (nSPS) is 16.8. The van der Waals surface area contributed by atoms with E-state index in [2.05, 4.69) is 33.0 Å². The third kappa shape index (κ3) is 5.60. The van der Waals surface area contributed by atoms with Crippen molar-refractivity contribution in [3.8, 4) is 0 Å². The highest BCUT2D eigenvalue weighted by atomic mass is 32.1. The van der Waals surface area contributed by atoms with E-state index in [-0.39, 0.29) is 17.9 Å². The van der Waals surface area contributed by atoms with Crippen LogP contribution in [0.4, 0.5) is 0 Å². The third-order valence-electron chi connectivity index (χ3n) is 4.26. The van der Waals surface area contributed by atoms with Crippen molar-refractivity contribution < 1.29 is 9.59 Å². The van der Waals surface area contributed by atoms with Crippen LogP contribution in [-0.2, 0) is 9.59 Å². The van der Waals surface area contributed by atoms with Gasteiger partial charge in [-0.25, -0.2) is 0 Å². The molecule has 0 saturated carbocycles. The van der Waals surface area contributed by atoms with E-state index in [0.29, 0.717) is 19.5 Å². The van der Waals surface area contributed by atoms with Crippen LogP contribution in [-0.4, -0.2) is 42.9 Å². The van der Waals surface area contributed by atoms with E-state index in [9.17, 15) is 9.59 Å². The van der Waals surface area contributed by atoms with Crippen LogP contribution < -0.4 is 10.6 Å². The fraction of sp³-hybridized carbons (Fsp3) is 0.667. The lowest BCUT2D eigenvalue weighted by molar-refractivity contribution is -0.128. The fourth-order valence-electron chi connectivity index (χ4n) is 2.80. The molecule has 0 radical (unpaired) electrons. The van der Waals surface area contributed by atoms with Crippen LogP contribution in [0, 0.1) is 5.41 Å². The second-order valence-electron chi connectivity index (χ2n) is 7.33. The van der Waals surface area contributed by atoms with E-state index in [1.807, 2.05) is 20.8 Å². The Morgan fingerprint density at radius 1 is 1.25 bits per heavy atom. The molecule has 1 unspecified atom stereocenters. The summed E-state index contributed by atoms with van der Waals surface area (Å²) in [5.41, 5.74) is -0.420. The van der Waals surface area contributed by atoms with E-state index < -0.39 is 5.41 Å². The molecule has 24 heavy (non-hydrogen) atoms. The second kappa shape index (κ2) is 8.62. The number of hydrogen-bond acceptors (Lipinski definition) is 4. The molecule has 2 rings (SSSR count). The van der Waals surface area contributed by atoms with Crippen molar-refractivity contribution in [1.29, 1.82) is 0 Å². The molecule has 2 N–H and O–H groups in total. The Kier molecular flexibility index (Phi) is 6.80. The Balaban J connectivity index is 1.77. The first-order chi connectivity index (χ1) is 11.4. The van der Waals surface area contributed by atoms with E-state index in [4.69, 9.17) is 0 Å². The molecule has 134 valence electrons. The minimum atomic E-state index is -0.420. The Labute approximate surface area is 148 Å². The monoisotopic (exact) mass is 351 g/mol. The van der Waals surface area contributed by atoms with Gasteiger partial charge in [0.25, 0.3) is 0 Å². The predicted molar refractivity (Wildman–Crippen MR) is 98.0 cm³/mol. The Hall–Kier alpha value is -1.40. The molecule has 1 aromatic heterocycles. The number of nitrogens with one attached hydrogen (secondary N) is 2. The van der Waals surface area contributed by atoms with Gasteiger partial charge in [0, 0.05) is 29.8 Å². The molecule has 0 aromatic carbocycles. The topological polar surface area (TPSA) is 61.4 Å². The number of thiophene rings is 1. The van der Waals surface area contributed by atoms with Crippen LogP contribution >= 0.6 is 11.3 Å². The minimum Gasteiger partial charge on any atom is -0.355 e. The Morgan fingerprint density at radius 3 is 2.54 bits per heavy atom. The lowest BCUT2D eigenvalue weighted by atomic mass is 9.96. The van der Waals surface area contributed by atoms with Gasteiger partial charge in [-0.15, -0.1) is 11.3 Å². The summed E-state index contributed by atoms with van der Waals surface area (Å²) in [6.45, 7) is 8.81. The molecular formula is C18H29N3O2S. The van der Waals surface area contributed by atoms with Gasteiger partial charge in [0.1, 0.15) is 0 Å². The van der Waals surface area contributed by atoms with E-state index in [1.54, 1.807) is 11.3 Å². The smallest absolute Gasteiger partial charge is 0.225 e. The van der Waals surface area contributed by atoms with Crippen LogP contribution in [0.3, 0.4) is 0 Å². The minimum absolute atomic E-state index is 0.00929. The van der Waals surface area contributed by atoms with Crippen LogP contribution in [0.15, 0.2) is 17.5 Å². The largest absolute Gasteiger partial charge is 0.355 e. The van der Waals surface area contributed by atoms with Crippen LogP contribution in [0.5, 0.6) is 0 Å². The maximum absolute atomic E-state index is 12.1. The maximum atomic E-state index is 12.1. The molecule has 1 saturated heterocycles. The van der Waals surface area contributed by atoms with E-state index in [0.717, 1.165) is 13.1 Å². The van der Waals surface area contributed by atoms with Gasteiger partial charge in [-0.1, -0.05) is 26.8 Å². The van der Waals surface area contributed by atoms with Gasteiger partial charge in [-0.3, -0.25) is 14.5 Å². The lowest BCUT2D eigenvalue weighted by Gasteiger charge is -2.27. The maximum Gasteiger partial charge on any atom is 0.225 e. The Morgan fingerprint density at radius 2 is 1.96 bits per heavy atom. The highest BCUT2D eigenvalue weighted by Gasteiger charge is 2.25. The van der Waals surface area contributed by atoms with Gasteiger partial charge in [0.15, 0.2) is 0 Å². The molecule has 1 aliphatic rings. The molecule has 1 aliphatic heterocycles. The summed E-state index contributed by atoms with van der Waals surface area (Å²) < 4.78 is 0. The van der Waals surface area contributed by atoms with Crippen molar-refractivity contribution in [2.45, 2.75) is 46.1 Å². The zero-order valence-electron chi connectivity index (χ0n) is 14.9. The van der Waals surface area contributed by atoms with Gasteiger partial charge in [0.05, 0.1) is 6.04 Å². The quantitative estimate of drug-likeness (QED) is 0.794. The van der Waals surface area contributed by atoms with E-state index >= 15 is 0 Å². The SMILES string of the molecule is CC(C)(C)C(=O)NCCC(=O)NCC(c1cccs1)N1CCCC1. The highest BCUT2D eigenvalue weighted by Crippen LogP contribution is 2.27. The molecule has 0 bridgehead atoms. The Bertz CT molecular complexity index is 531. The van der Waals surface area contributed by atoms with Gasteiger partial charge in [-0.05, 0) is 37.4 Å². The standard InChI is InChI=1S/C18H29N3O2S/c1-18(2,3)17(23)19-9-8-16(22)20-13-14(15-7-6-12-24-15)21-10-4-5-11-21/h6-7,12,14H,4-5,8-11,13H2,1-3H3,(H,19,23)(H,20,22). The number of nitrogens with zero attached hydrogens (tertiary/aromatic N) is 1. The van der Waals surface area contributed by atoms with Gasteiger partial charge >= 0.3 is 0 Å². The number of hydrogen-bond donors (Lipinski definition) is 2. The zero-order valence-corrected chi connectivity index (χ0v) is 15.7. The fourth-order valence-corrected chi connectivity index (χ4v) is 3.66. The number of carbonyl (C=O) groups is 2. The molecular weight excluding hydrogens is 322 g/mol. The van der Waals surface area contributed by atoms with Crippen LogP contribution in [0.25, 0.3) is 0 Å². The predicted octanol–water partition coefficient (Wildman–Crippen LogP) is 2.55. The summed E-state index contributed by atoms with van der Waals surface area (Å²) in [6, 6.07) is 4.47. The summed E-state index contributed by atoms with van der Waals surface area (Å²) in [5.74, 6) is -0.0335. The molecule has 2 heterocycles.